The predicted molar refractivity (Wildman–Crippen MR) is 68.7 cm³/mol. The molecule has 1 amide bonds. The van der Waals surface area contributed by atoms with Gasteiger partial charge in [-0.2, -0.15) is 0 Å². The lowest BCUT2D eigenvalue weighted by Crippen LogP contribution is -2.39. The molecular weight excluding hydrogens is 231 g/mol. The van der Waals surface area contributed by atoms with Crippen LogP contribution in [0.15, 0.2) is 18.2 Å². The summed E-state index contributed by atoms with van der Waals surface area (Å²) >= 11 is 0. The van der Waals surface area contributed by atoms with Gasteiger partial charge in [-0.3, -0.25) is 9.69 Å². The van der Waals surface area contributed by atoms with Gasteiger partial charge in [0.25, 0.3) is 0 Å². The van der Waals surface area contributed by atoms with E-state index in [4.69, 9.17) is 5.73 Å². The molecular formula is C14H19FN2O. The average molecular weight is 250 g/mol. The van der Waals surface area contributed by atoms with Crippen molar-refractivity contribution in [3.8, 4) is 0 Å². The van der Waals surface area contributed by atoms with Crippen LogP contribution < -0.4 is 5.73 Å². The molecule has 0 unspecified atom stereocenters. The van der Waals surface area contributed by atoms with Crippen LogP contribution in [0.2, 0.25) is 0 Å². The molecule has 1 saturated heterocycles. The minimum absolute atomic E-state index is 0.171. The van der Waals surface area contributed by atoms with Gasteiger partial charge in [-0.05, 0) is 62.0 Å². The van der Waals surface area contributed by atoms with E-state index in [2.05, 4.69) is 4.90 Å². The Labute approximate surface area is 107 Å². The third-order valence-electron chi connectivity index (χ3n) is 3.65. The molecule has 0 saturated carbocycles. The molecule has 0 radical (unpaired) electrons. The van der Waals surface area contributed by atoms with Gasteiger partial charge in [-0.15, -0.1) is 0 Å². The number of aryl methyl sites for hydroxylation is 1. The lowest BCUT2D eigenvalue weighted by Gasteiger charge is -2.31. The molecule has 18 heavy (non-hydrogen) atoms. The van der Waals surface area contributed by atoms with Crippen LogP contribution in [-0.2, 0) is 4.79 Å². The minimum Gasteiger partial charge on any atom is -0.369 e. The normalized spacial score (nSPS) is 17.9. The van der Waals surface area contributed by atoms with Crippen molar-refractivity contribution < 1.29 is 9.18 Å². The number of carbonyl (C=O) groups is 1. The highest BCUT2D eigenvalue weighted by Gasteiger charge is 2.22. The first kappa shape index (κ1) is 13.0. The first-order chi connectivity index (χ1) is 8.56. The van der Waals surface area contributed by atoms with Crippen molar-refractivity contribution in [2.24, 2.45) is 5.73 Å². The second kappa shape index (κ2) is 5.48. The molecule has 1 aromatic carbocycles. The number of likely N-dealkylation sites (tertiary alicyclic amines) is 1. The van der Waals surface area contributed by atoms with E-state index in [0.29, 0.717) is 12.5 Å². The molecule has 0 spiro atoms. The van der Waals surface area contributed by atoms with Crippen LogP contribution in [-0.4, -0.2) is 30.4 Å². The zero-order valence-electron chi connectivity index (χ0n) is 10.7. The van der Waals surface area contributed by atoms with Crippen LogP contribution in [0.1, 0.15) is 29.9 Å². The van der Waals surface area contributed by atoms with Crippen molar-refractivity contribution in [1.82, 2.24) is 4.90 Å². The van der Waals surface area contributed by atoms with Crippen LogP contribution in [0.25, 0.3) is 0 Å². The topological polar surface area (TPSA) is 46.3 Å². The Balaban J connectivity index is 2.01. The second-order valence-electron chi connectivity index (χ2n) is 5.02. The molecule has 0 aliphatic carbocycles. The molecule has 98 valence electrons. The van der Waals surface area contributed by atoms with Gasteiger partial charge in [0.1, 0.15) is 5.82 Å². The lowest BCUT2D eigenvalue weighted by molar-refractivity contribution is -0.119. The van der Waals surface area contributed by atoms with E-state index in [-0.39, 0.29) is 11.7 Å². The maximum absolute atomic E-state index is 13.3. The Hall–Kier alpha value is -1.42. The number of benzene rings is 1. The number of halogens is 1. The van der Waals surface area contributed by atoms with Gasteiger partial charge in [0, 0.05) is 0 Å². The zero-order chi connectivity index (χ0) is 13.1. The molecule has 1 aliphatic rings. The predicted octanol–water partition coefficient (Wildman–Crippen LogP) is 1.80. The van der Waals surface area contributed by atoms with Crippen LogP contribution in [0.4, 0.5) is 4.39 Å². The third-order valence-corrected chi connectivity index (χ3v) is 3.65. The smallest absolute Gasteiger partial charge is 0.231 e. The fourth-order valence-corrected chi connectivity index (χ4v) is 2.67. The molecule has 1 heterocycles. The third kappa shape index (κ3) is 3.07. The quantitative estimate of drug-likeness (QED) is 0.889. The van der Waals surface area contributed by atoms with Crippen molar-refractivity contribution in [3.05, 3.63) is 35.1 Å². The average Bonchev–Trinajstić information content (AvgIpc) is 2.33. The molecule has 0 atom stereocenters. The van der Waals surface area contributed by atoms with Crippen molar-refractivity contribution in [2.45, 2.75) is 25.7 Å². The number of carbonyl (C=O) groups excluding carboxylic acids is 1. The summed E-state index contributed by atoms with van der Waals surface area (Å²) in [5.41, 5.74) is 7.43. The van der Waals surface area contributed by atoms with Gasteiger partial charge in [0.15, 0.2) is 0 Å². The minimum atomic E-state index is -0.282. The number of nitrogens with zero attached hydrogens (tertiary/aromatic N) is 1. The number of piperidine rings is 1. The number of primary amides is 1. The SMILES string of the molecule is Cc1ccc(F)cc1C1CCN(CC(N)=O)CC1. The number of hydrogen-bond donors (Lipinski definition) is 1. The van der Waals surface area contributed by atoms with Crippen LogP contribution in [0, 0.1) is 12.7 Å². The number of amides is 1. The van der Waals surface area contributed by atoms with Crippen LogP contribution >= 0.6 is 0 Å². The summed E-state index contributed by atoms with van der Waals surface area (Å²) in [5, 5.41) is 0. The molecule has 4 heteroatoms. The van der Waals surface area contributed by atoms with Gasteiger partial charge < -0.3 is 5.73 Å². The van der Waals surface area contributed by atoms with Gasteiger partial charge in [-0.1, -0.05) is 6.07 Å². The molecule has 2 N–H and O–H groups in total. The van der Waals surface area contributed by atoms with Gasteiger partial charge in [0.05, 0.1) is 6.54 Å². The number of rotatable bonds is 3. The van der Waals surface area contributed by atoms with Gasteiger partial charge >= 0.3 is 0 Å². The second-order valence-corrected chi connectivity index (χ2v) is 5.02. The highest BCUT2D eigenvalue weighted by atomic mass is 19.1. The first-order valence-electron chi connectivity index (χ1n) is 6.33. The highest BCUT2D eigenvalue weighted by molar-refractivity contribution is 5.75. The summed E-state index contributed by atoms with van der Waals surface area (Å²) < 4.78 is 13.3. The summed E-state index contributed by atoms with van der Waals surface area (Å²) in [4.78, 5) is 12.9. The van der Waals surface area contributed by atoms with Crippen LogP contribution in [0.5, 0.6) is 0 Å². The molecule has 1 aliphatic heterocycles. The Kier molecular flexibility index (Phi) is 3.97. The molecule has 2 rings (SSSR count). The Morgan fingerprint density at radius 1 is 1.44 bits per heavy atom. The lowest BCUT2D eigenvalue weighted by atomic mass is 9.87. The summed E-state index contributed by atoms with van der Waals surface area (Å²) in [5.74, 6) is -0.0598. The molecule has 1 fully saturated rings. The number of hydrogen-bond acceptors (Lipinski definition) is 2. The molecule has 0 bridgehead atoms. The van der Waals surface area contributed by atoms with E-state index in [1.807, 2.05) is 13.0 Å². The molecule has 0 aromatic heterocycles. The van der Waals surface area contributed by atoms with Crippen molar-refractivity contribution in [1.29, 1.82) is 0 Å². The van der Waals surface area contributed by atoms with E-state index in [0.717, 1.165) is 37.1 Å². The summed E-state index contributed by atoms with van der Waals surface area (Å²) in [6.07, 6.45) is 1.91. The Morgan fingerprint density at radius 2 is 2.11 bits per heavy atom. The largest absolute Gasteiger partial charge is 0.369 e. The van der Waals surface area contributed by atoms with Crippen molar-refractivity contribution in [3.63, 3.8) is 0 Å². The van der Waals surface area contributed by atoms with E-state index in [1.54, 1.807) is 6.07 Å². The van der Waals surface area contributed by atoms with Crippen molar-refractivity contribution >= 4 is 5.91 Å². The first-order valence-corrected chi connectivity index (χ1v) is 6.33. The molecule has 3 nitrogen and oxygen atoms in total. The fourth-order valence-electron chi connectivity index (χ4n) is 2.67. The summed E-state index contributed by atoms with van der Waals surface area (Å²) in [6, 6.07) is 4.98. The van der Waals surface area contributed by atoms with E-state index in [1.165, 1.54) is 6.07 Å². The summed E-state index contributed by atoms with van der Waals surface area (Å²) in [6.45, 7) is 4.05. The van der Waals surface area contributed by atoms with Gasteiger partial charge in [0.2, 0.25) is 5.91 Å². The summed E-state index contributed by atoms with van der Waals surface area (Å²) in [7, 11) is 0. The Bertz CT molecular complexity index is 439. The standard InChI is InChI=1S/C14H19FN2O/c1-10-2-3-12(15)8-13(10)11-4-6-17(7-5-11)9-14(16)18/h2-3,8,11H,4-7,9H2,1H3,(H2,16,18). The van der Waals surface area contributed by atoms with E-state index in [9.17, 15) is 9.18 Å². The van der Waals surface area contributed by atoms with E-state index >= 15 is 0 Å². The van der Waals surface area contributed by atoms with Crippen molar-refractivity contribution in [2.75, 3.05) is 19.6 Å². The Morgan fingerprint density at radius 3 is 2.72 bits per heavy atom. The highest BCUT2D eigenvalue weighted by Crippen LogP contribution is 2.30. The maximum Gasteiger partial charge on any atom is 0.231 e. The maximum atomic E-state index is 13.3. The van der Waals surface area contributed by atoms with Gasteiger partial charge in [-0.25, -0.2) is 4.39 Å². The zero-order valence-corrected chi connectivity index (χ0v) is 10.7. The molecule has 1 aromatic rings. The monoisotopic (exact) mass is 250 g/mol. The van der Waals surface area contributed by atoms with E-state index < -0.39 is 0 Å². The van der Waals surface area contributed by atoms with Crippen LogP contribution in [0.3, 0.4) is 0 Å². The fraction of sp³-hybridized carbons (Fsp3) is 0.500. The number of nitrogens with two attached hydrogens (primary N) is 1.